The number of halogens is 1. The van der Waals surface area contributed by atoms with E-state index in [9.17, 15) is 9.59 Å². The fourth-order valence-electron chi connectivity index (χ4n) is 2.48. The van der Waals surface area contributed by atoms with Gasteiger partial charge in [-0.1, -0.05) is 15.9 Å². The van der Waals surface area contributed by atoms with Crippen molar-refractivity contribution < 1.29 is 18.7 Å². The Balaban J connectivity index is 1.57. The molecule has 0 atom stereocenters. The zero-order valence-corrected chi connectivity index (χ0v) is 16.2. The maximum atomic E-state index is 12.3. The molecule has 0 aliphatic heterocycles. The number of benzene rings is 2. The molecule has 0 spiro atoms. The summed E-state index contributed by atoms with van der Waals surface area (Å²) in [5.41, 5.74) is -0.282. The third-order valence-corrected chi connectivity index (χ3v) is 4.22. The maximum absolute atomic E-state index is 12.3. The lowest BCUT2D eigenvalue weighted by molar-refractivity contribution is 0.0943. The van der Waals surface area contributed by atoms with Gasteiger partial charge < -0.3 is 19.2 Å². The minimum atomic E-state index is -0.672. The maximum Gasteiger partial charge on any atom is 0.349 e. The smallest absolute Gasteiger partial charge is 0.349 e. The third kappa shape index (κ3) is 4.89. The number of fused-ring (bicyclic) bond motifs is 1. The fourth-order valence-corrected chi connectivity index (χ4v) is 2.86. The number of hydrogen-bond donors (Lipinski definition) is 1. The summed E-state index contributed by atoms with van der Waals surface area (Å²) in [7, 11) is 0. The topological polar surface area (TPSA) is 77.8 Å². The molecule has 3 rings (SSSR count). The van der Waals surface area contributed by atoms with Gasteiger partial charge in [0, 0.05) is 9.86 Å². The first-order valence-electron chi connectivity index (χ1n) is 8.44. The van der Waals surface area contributed by atoms with Gasteiger partial charge in [0.25, 0.3) is 5.91 Å². The molecule has 0 saturated carbocycles. The van der Waals surface area contributed by atoms with E-state index in [-0.39, 0.29) is 18.7 Å². The summed E-state index contributed by atoms with van der Waals surface area (Å²) in [6, 6.07) is 14.0. The largest absolute Gasteiger partial charge is 0.494 e. The van der Waals surface area contributed by atoms with Crippen LogP contribution < -0.4 is 20.4 Å². The second-order valence-electron chi connectivity index (χ2n) is 5.64. The lowest BCUT2D eigenvalue weighted by Gasteiger charge is -2.09. The highest BCUT2D eigenvalue weighted by molar-refractivity contribution is 9.10. The monoisotopic (exact) mass is 431 g/mol. The summed E-state index contributed by atoms with van der Waals surface area (Å²) in [6.07, 6.45) is 0. The molecule has 1 amide bonds. The Labute approximate surface area is 164 Å². The normalized spacial score (nSPS) is 10.6. The van der Waals surface area contributed by atoms with Gasteiger partial charge in [-0.15, -0.1) is 0 Å². The zero-order chi connectivity index (χ0) is 19.2. The summed E-state index contributed by atoms with van der Waals surface area (Å²) in [4.78, 5) is 24.3. The van der Waals surface area contributed by atoms with Gasteiger partial charge in [0.2, 0.25) is 0 Å². The van der Waals surface area contributed by atoms with E-state index in [1.54, 1.807) is 30.3 Å². The number of hydrogen-bond acceptors (Lipinski definition) is 5. The number of carbonyl (C=O) groups is 1. The van der Waals surface area contributed by atoms with Gasteiger partial charge in [-0.05, 0) is 55.5 Å². The Morgan fingerprint density at radius 2 is 1.78 bits per heavy atom. The molecule has 0 aliphatic rings. The van der Waals surface area contributed by atoms with E-state index >= 15 is 0 Å². The van der Waals surface area contributed by atoms with Crippen LogP contribution in [-0.4, -0.2) is 25.7 Å². The van der Waals surface area contributed by atoms with Crippen LogP contribution >= 0.6 is 15.9 Å². The summed E-state index contributed by atoms with van der Waals surface area (Å²) in [5, 5.41) is 3.33. The van der Waals surface area contributed by atoms with E-state index < -0.39 is 11.5 Å². The summed E-state index contributed by atoms with van der Waals surface area (Å²) in [5.74, 6) is 0.941. The lowest BCUT2D eigenvalue weighted by atomic mass is 10.2. The highest BCUT2D eigenvalue weighted by Gasteiger charge is 2.13. The van der Waals surface area contributed by atoms with E-state index in [2.05, 4.69) is 21.2 Å². The Morgan fingerprint density at radius 3 is 2.48 bits per heavy atom. The molecule has 27 heavy (non-hydrogen) atoms. The Bertz CT molecular complexity index is 997. The number of nitrogens with one attached hydrogen (secondary N) is 1. The van der Waals surface area contributed by atoms with Crippen LogP contribution in [0.1, 0.15) is 17.3 Å². The van der Waals surface area contributed by atoms with E-state index in [4.69, 9.17) is 13.9 Å². The summed E-state index contributed by atoms with van der Waals surface area (Å²) >= 11 is 3.35. The van der Waals surface area contributed by atoms with Crippen molar-refractivity contribution in [2.45, 2.75) is 6.92 Å². The van der Waals surface area contributed by atoms with Crippen molar-refractivity contribution in [2.75, 3.05) is 19.8 Å². The molecule has 0 unspecified atom stereocenters. The first-order chi connectivity index (χ1) is 13.1. The average molecular weight is 432 g/mol. The molecule has 0 fully saturated rings. The molecule has 6 nitrogen and oxygen atoms in total. The molecule has 0 aliphatic carbocycles. The Morgan fingerprint density at radius 1 is 1.07 bits per heavy atom. The van der Waals surface area contributed by atoms with Gasteiger partial charge in [-0.3, -0.25) is 4.79 Å². The number of rotatable bonds is 7. The van der Waals surface area contributed by atoms with Gasteiger partial charge in [0.1, 0.15) is 29.3 Å². The van der Waals surface area contributed by atoms with Gasteiger partial charge in [0.05, 0.1) is 13.2 Å². The molecule has 2 aromatic carbocycles. The molecule has 1 aromatic heterocycles. The molecular weight excluding hydrogens is 414 g/mol. The zero-order valence-electron chi connectivity index (χ0n) is 14.7. The minimum Gasteiger partial charge on any atom is -0.494 e. The molecule has 7 heteroatoms. The number of carbonyl (C=O) groups excluding carboxylic acids is 1. The van der Waals surface area contributed by atoms with Gasteiger partial charge in [-0.2, -0.15) is 0 Å². The number of amides is 1. The van der Waals surface area contributed by atoms with Gasteiger partial charge >= 0.3 is 5.63 Å². The van der Waals surface area contributed by atoms with Crippen LogP contribution in [0.4, 0.5) is 0 Å². The highest BCUT2D eigenvalue weighted by atomic mass is 79.9. The second kappa shape index (κ2) is 8.73. The quantitative estimate of drug-likeness (QED) is 0.455. The lowest BCUT2D eigenvalue weighted by Crippen LogP contribution is -2.31. The van der Waals surface area contributed by atoms with Crippen LogP contribution in [0.15, 0.2) is 62.2 Å². The molecule has 1 N–H and O–H groups in total. The first-order valence-corrected chi connectivity index (χ1v) is 9.23. The average Bonchev–Trinajstić information content (AvgIpc) is 2.66. The Kier molecular flexibility index (Phi) is 6.13. The summed E-state index contributed by atoms with van der Waals surface area (Å²) < 4.78 is 17.0. The van der Waals surface area contributed by atoms with Crippen molar-refractivity contribution in [1.29, 1.82) is 0 Å². The standard InChI is InChI=1S/C20H18BrNO5/c1-2-25-15-4-6-16(7-5-15)26-10-9-22-19(23)17-12-13-11-14(21)3-8-18(13)27-20(17)24/h3-8,11-12H,2,9-10H2,1H3,(H,22,23). The van der Waals surface area contributed by atoms with Crippen molar-refractivity contribution in [3.63, 3.8) is 0 Å². The van der Waals surface area contributed by atoms with Crippen molar-refractivity contribution >= 4 is 32.8 Å². The van der Waals surface area contributed by atoms with E-state index in [0.717, 1.165) is 10.2 Å². The van der Waals surface area contributed by atoms with Crippen LogP contribution in [0.5, 0.6) is 11.5 Å². The van der Waals surface area contributed by atoms with Crippen molar-refractivity contribution in [3.8, 4) is 11.5 Å². The molecule has 140 valence electrons. The van der Waals surface area contributed by atoms with Crippen molar-refractivity contribution in [1.82, 2.24) is 5.32 Å². The van der Waals surface area contributed by atoms with Crippen molar-refractivity contribution in [3.05, 3.63) is 69.0 Å². The molecule has 0 bridgehead atoms. The van der Waals surface area contributed by atoms with Crippen LogP contribution in [0, 0.1) is 0 Å². The van der Waals surface area contributed by atoms with Crippen LogP contribution in [0.2, 0.25) is 0 Å². The molecule has 3 aromatic rings. The van der Waals surface area contributed by atoms with Crippen LogP contribution in [0.3, 0.4) is 0 Å². The molecule has 0 saturated heterocycles. The van der Waals surface area contributed by atoms with E-state index in [1.807, 2.05) is 19.1 Å². The van der Waals surface area contributed by atoms with E-state index in [1.165, 1.54) is 6.07 Å². The van der Waals surface area contributed by atoms with Crippen LogP contribution in [-0.2, 0) is 0 Å². The minimum absolute atomic E-state index is 0.0401. The highest BCUT2D eigenvalue weighted by Crippen LogP contribution is 2.19. The molecular formula is C20H18BrNO5. The van der Waals surface area contributed by atoms with Gasteiger partial charge in [-0.25, -0.2) is 4.79 Å². The summed E-state index contributed by atoms with van der Waals surface area (Å²) in [6.45, 7) is 3.04. The van der Waals surface area contributed by atoms with Crippen LogP contribution in [0.25, 0.3) is 11.0 Å². The second-order valence-corrected chi connectivity index (χ2v) is 6.55. The Hall–Kier alpha value is -2.80. The predicted molar refractivity (Wildman–Crippen MR) is 106 cm³/mol. The predicted octanol–water partition coefficient (Wildman–Crippen LogP) is 3.76. The SMILES string of the molecule is CCOc1ccc(OCCNC(=O)c2cc3cc(Br)ccc3oc2=O)cc1. The first kappa shape index (κ1) is 19.0. The van der Waals surface area contributed by atoms with Gasteiger partial charge in [0.15, 0.2) is 0 Å². The fraction of sp³-hybridized carbons (Fsp3) is 0.200. The molecule has 0 radical (unpaired) electrons. The van der Waals surface area contributed by atoms with Crippen molar-refractivity contribution in [2.24, 2.45) is 0 Å². The number of ether oxygens (including phenoxy) is 2. The third-order valence-electron chi connectivity index (χ3n) is 3.73. The van der Waals surface area contributed by atoms with E-state index in [0.29, 0.717) is 23.3 Å². The molecule has 1 heterocycles.